The Labute approximate surface area is 161 Å². The number of hydrogen-bond acceptors (Lipinski definition) is 5. The second-order valence-electron chi connectivity index (χ2n) is 7.52. The first-order valence-corrected chi connectivity index (χ1v) is 9.58. The fraction of sp³-hybridized carbons (Fsp3) is 0.476. The van der Waals surface area contributed by atoms with Crippen molar-refractivity contribution in [3.05, 3.63) is 46.8 Å². The highest BCUT2D eigenvalue weighted by molar-refractivity contribution is 5.92. The van der Waals surface area contributed by atoms with Crippen LogP contribution in [0.4, 0.5) is 11.6 Å². The van der Waals surface area contributed by atoms with Crippen LogP contribution in [0, 0.1) is 20.8 Å². The van der Waals surface area contributed by atoms with Gasteiger partial charge in [-0.2, -0.15) is 0 Å². The van der Waals surface area contributed by atoms with Crippen LogP contribution in [-0.4, -0.2) is 48.1 Å². The Balaban J connectivity index is 1.73. The molecular formula is C21H29N5O. The molecule has 6 heteroatoms. The molecule has 1 amide bonds. The van der Waals surface area contributed by atoms with Gasteiger partial charge in [0.05, 0.1) is 0 Å². The lowest BCUT2D eigenvalue weighted by Gasteiger charge is -2.37. The average molecular weight is 367 g/mol. The van der Waals surface area contributed by atoms with Crippen LogP contribution >= 0.6 is 0 Å². The third-order valence-corrected chi connectivity index (χ3v) is 4.97. The zero-order chi connectivity index (χ0) is 19.6. The van der Waals surface area contributed by atoms with Crippen LogP contribution in [0.5, 0.6) is 0 Å². The molecule has 1 aromatic heterocycles. The average Bonchev–Trinajstić information content (AvgIpc) is 2.63. The van der Waals surface area contributed by atoms with Gasteiger partial charge in [0.1, 0.15) is 5.69 Å². The van der Waals surface area contributed by atoms with Crippen molar-refractivity contribution in [2.75, 3.05) is 36.0 Å². The van der Waals surface area contributed by atoms with Gasteiger partial charge in [0.2, 0.25) is 5.95 Å². The molecule has 0 saturated carbocycles. The molecule has 0 atom stereocenters. The molecule has 0 bridgehead atoms. The lowest BCUT2D eigenvalue weighted by atomic mass is 10.1. The van der Waals surface area contributed by atoms with Gasteiger partial charge in [-0.25, -0.2) is 9.97 Å². The number of aromatic nitrogens is 2. The lowest BCUT2D eigenvalue weighted by molar-refractivity contribution is 0.0938. The molecule has 0 spiro atoms. The Hall–Kier alpha value is -2.63. The summed E-state index contributed by atoms with van der Waals surface area (Å²) in [5, 5.41) is 2.90. The van der Waals surface area contributed by atoms with E-state index in [4.69, 9.17) is 0 Å². The minimum Gasteiger partial charge on any atom is -0.368 e. The van der Waals surface area contributed by atoms with Gasteiger partial charge in [0.15, 0.2) is 0 Å². The quantitative estimate of drug-likeness (QED) is 0.900. The first-order valence-electron chi connectivity index (χ1n) is 9.58. The maximum Gasteiger partial charge on any atom is 0.270 e. The van der Waals surface area contributed by atoms with Crippen LogP contribution in [0.15, 0.2) is 24.3 Å². The molecule has 1 aliphatic rings. The van der Waals surface area contributed by atoms with Crippen molar-refractivity contribution in [2.24, 2.45) is 0 Å². The summed E-state index contributed by atoms with van der Waals surface area (Å²) in [6.45, 7) is 13.6. The molecule has 0 radical (unpaired) electrons. The first-order chi connectivity index (χ1) is 12.8. The summed E-state index contributed by atoms with van der Waals surface area (Å²) in [4.78, 5) is 26.0. The van der Waals surface area contributed by atoms with E-state index in [1.165, 1.54) is 16.8 Å². The fourth-order valence-corrected chi connectivity index (χ4v) is 3.37. The van der Waals surface area contributed by atoms with Crippen LogP contribution < -0.4 is 15.1 Å². The van der Waals surface area contributed by atoms with Crippen LogP contribution in [-0.2, 0) is 0 Å². The summed E-state index contributed by atoms with van der Waals surface area (Å²) >= 11 is 0. The molecule has 2 aromatic rings. The molecule has 6 nitrogen and oxygen atoms in total. The highest BCUT2D eigenvalue weighted by Crippen LogP contribution is 2.24. The number of rotatable bonds is 4. The Kier molecular flexibility index (Phi) is 5.63. The number of amides is 1. The van der Waals surface area contributed by atoms with Crippen LogP contribution in [0.25, 0.3) is 0 Å². The number of aryl methyl sites for hydroxylation is 2. The standard InChI is InChI=1S/C21H29N5O/c1-14(2)22-20(27)18-13-16(4)23-21(24-18)26-11-9-25(10-12-26)19-8-6-7-15(3)17(19)5/h6-8,13-14H,9-12H2,1-5H3,(H,22,27). The summed E-state index contributed by atoms with van der Waals surface area (Å²) < 4.78 is 0. The summed E-state index contributed by atoms with van der Waals surface area (Å²) in [6, 6.07) is 8.29. The molecule has 0 aliphatic carbocycles. The predicted octanol–water partition coefficient (Wildman–Crippen LogP) is 2.87. The molecule has 2 heterocycles. The first kappa shape index (κ1) is 19.1. The molecule has 0 unspecified atom stereocenters. The molecule has 1 N–H and O–H groups in total. The minimum atomic E-state index is -0.147. The molecule has 1 fully saturated rings. The largest absolute Gasteiger partial charge is 0.368 e. The van der Waals surface area contributed by atoms with E-state index in [0.29, 0.717) is 11.6 Å². The van der Waals surface area contributed by atoms with Gasteiger partial charge in [0.25, 0.3) is 5.91 Å². The number of nitrogens with zero attached hydrogens (tertiary/aromatic N) is 4. The molecule has 1 saturated heterocycles. The number of hydrogen-bond donors (Lipinski definition) is 1. The molecule has 1 aromatic carbocycles. The predicted molar refractivity (Wildman–Crippen MR) is 110 cm³/mol. The van der Waals surface area contributed by atoms with Crippen molar-refractivity contribution in [1.29, 1.82) is 0 Å². The summed E-state index contributed by atoms with van der Waals surface area (Å²) in [6.07, 6.45) is 0. The van der Waals surface area contributed by atoms with Crippen molar-refractivity contribution in [1.82, 2.24) is 15.3 Å². The molecule has 27 heavy (non-hydrogen) atoms. The Morgan fingerprint density at radius 1 is 1.04 bits per heavy atom. The van der Waals surface area contributed by atoms with Crippen LogP contribution in [0.3, 0.4) is 0 Å². The Bertz CT molecular complexity index is 825. The van der Waals surface area contributed by atoms with Crippen molar-refractivity contribution in [2.45, 2.75) is 40.7 Å². The Morgan fingerprint density at radius 3 is 2.37 bits per heavy atom. The van der Waals surface area contributed by atoms with Gasteiger partial charge in [-0.3, -0.25) is 4.79 Å². The Morgan fingerprint density at radius 2 is 1.70 bits per heavy atom. The van der Waals surface area contributed by atoms with E-state index in [-0.39, 0.29) is 11.9 Å². The minimum absolute atomic E-state index is 0.0809. The van der Waals surface area contributed by atoms with Crippen LogP contribution in [0.2, 0.25) is 0 Å². The van der Waals surface area contributed by atoms with Crippen molar-refractivity contribution < 1.29 is 4.79 Å². The zero-order valence-electron chi connectivity index (χ0n) is 16.9. The van der Waals surface area contributed by atoms with E-state index in [0.717, 1.165) is 31.9 Å². The number of anilines is 2. The van der Waals surface area contributed by atoms with Crippen molar-refractivity contribution in [3.8, 4) is 0 Å². The maximum absolute atomic E-state index is 12.3. The number of carbonyl (C=O) groups is 1. The topological polar surface area (TPSA) is 61.4 Å². The smallest absolute Gasteiger partial charge is 0.270 e. The second kappa shape index (κ2) is 7.94. The number of carbonyl (C=O) groups excluding carboxylic acids is 1. The number of piperazine rings is 1. The molecular weight excluding hydrogens is 338 g/mol. The van der Waals surface area contributed by atoms with Gasteiger partial charge >= 0.3 is 0 Å². The summed E-state index contributed by atoms with van der Waals surface area (Å²) in [7, 11) is 0. The molecule has 3 rings (SSSR count). The van der Waals surface area contributed by atoms with Gasteiger partial charge in [-0.1, -0.05) is 12.1 Å². The zero-order valence-corrected chi connectivity index (χ0v) is 16.9. The van der Waals surface area contributed by atoms with Gasteiger partial charge in [-0.05, 0) is 57.9 Å². The normalized spacial score (nSPS) is 14.6. The van der Waals surface area contributed by atoms with Gasteiger partial charge in [0, 0.05) is 43.6 Å². The SMILES string of the molecule is Cc1cc(C(=O)NC(C)C)nc(N2CCN(c3cccc(C)c3C)CC2)n1. The second-order valence-corrected chi connectivity index (χ2v) is 7.52. The monoisotopic (exact) mass is 367 g/mol. The van der Waals surface area contributed by atoms with E-state index in [9.17, 15) is 4.79 Å². The van der Waals surface area contributed by atoms with E-state index >= 15 is 0 Å². The van der Waals surface area contributed by atoms with E-state index in [1.54, 1.807) is 6.07 Å². The highest BCUT2D eigenvalue weighted by Gasteiger charge is 2.22. The third-order valence-electron chi connectivity index (χ3n) is 4.97. The summed E-state index contributed by atoms with van der Waals surface area (Å²) in [5.41, 5.74) is 5.20. The van der Waals surface area contributed by atoms with Crippen molar-refractivity contribution in [3.63, 3.8) is 0 Å². The van der Waals surface area contributed by atoms with Crippen LogP contribution in [0.1, 0.15) is 41.2 Å². The number of nitrogens with one attached hydrogen (secondary N) is 1. The molecule has 1 aliphatic heterocycles. The van der Waals surface area contributed by atoms with Gasteiger partial charge in [-0.15, -0.1) is 0 Å². The maximum atomic E-state index is 12.3. The van der Waals surface area contributed by atoms with E-state index in [1.807, 2.05) is 20.8 Å². The third kappa shape index (κ3) is 4.38. The lowest BCUT2D eigenvalue weighted by Crippen LogP contribution is -2.47. The van der Waals surface area contributed by atoms with Gasteiger partial charge < -0.3 is 15.1 Å². The summed E-state index contributed by atoms with van der Waals surface area (Å²) in [5.74, 6) is 0.496. The number of benzene rings is 1. The van der Waals surface area contributed by atoms with Crippen molar-refractivity contribution >= 4 is 17.5 Å². The fourth-order valence-electron chi connectivity index (χ4n) is 3.37. The molecule has 144 valence electrons. The highest BCUT2D eigenvalue weighted by atomic mass is 16.1. The van der Waals surface area contributed by atoms with E-state index < -0.39 is 0 Å². The van der Waals surface area contributed by atoms with E-state index in [2.05, 4.69) is 57.1 Å².